The van der Waals surface area contributed by atoms with Gasteiger partial charge in [-0.15, -0.1) is 0 Å². The molecule has 6 nitrogen and oxygen atoms in total. The third-order valence-electron chi connectivity index (χ3n) is 6.51. The maximum atomic E-state index is 13.1. The van der Waals surface area contributed by atoms with Gasteiger partial charge in [-0.1, -0.05) is 35.9 Å². The maximum absolute atomic E-state index is 13.1. The van der Waals surface area contributed by atoms with E-state index >= 15 is 0 Å². The predicted molar refractivity (Wildman–Crippen MR) is 135 cm³/mol. The Balaban J connectivity index is 1.50. The molecule has 1 aliphatic heterocycles. The van der Waals surface area contributed by atoms with E-state index in [1.54, 1.807) is 50.6 Å². The Morgan fingerprint density at radius 2 is 1.79 bits per heavy atom. The van der Waals surface area contributed by atoms with Gasteiger partial charge in [0.2, 0.25) is 0 Å². The normalized spacial score (nSPS) is 20.7. The molecule has 0 amide bonds. The lowest BCUT2D eigenvalue weighted by molar-refractivity contribution is 0.341. The zero-order valence-corrected chi connectivity index (χ0v) is 20.4. The van der Waals surface area contributed by atoms with Gasteiger partial charge in [0.25, 0.3) is 10.0 Å². The minimum absolute atomic E-state index is 0.00722. The molecule has 0 radical (unpaired) electrons. The molecule has 0 saturated carbocycles. The van der Waals surface area contributed by atoms with Gasteiger partial charge in [0.05, 0.1) is 25.2 Å². The Kier molecular flexibility index (Phi) is 5.91. The van der Waals surface area contributed by atoms with Crippen LogP contribution in [0, 0.1) is 5.92 Å². The van der Waals surface area contributed by atoms with Crippen molar-refractivity contribution in [2.75, 3.05) is 24.3 Å². The fourth-order valence-electron chi connectivity index (χ4n) is 4.94. The van der Waals surface area contributed by atoms with E-state index in [4.69, 9.17) is 21.1 Å². The fourth-order valence-corrected chi connectivity index (χ4v) is 6.16. The standard InChI is InChI=1S/C26H25ClN2O4S/c1-32-24-8-4-7-21(26(24)33-2)25-20-6-3-5-19(20)22-15-18(13-14-23(22)28-25)34(30,31)29-17-11-9-16(27)10-12-17/h3-5,7-15,19-20,25,28-29H,6H2,1-2H3/t19-,20+,25-/m0/s1. The minimum atomic E-state index is -3.76. The number of ether oxygens (including phenoxy) is 2. The maximum Gasteiger partial charge on any atom is 0.261 e. The number of para-hydroxylation sites is 1. The van der Waals surface area contributed by atoms with E-state index in [0.717, 1.165) is 23.2 Å². The molecule has 34 heavy (non-hydrogen) atoms. The van der Waals surface area contributed by atoms with Gasteiger partial charge < -0.3 is 14.8 Å². The Bertz CT molecular complexity index is 1360. The zero-order valence-electron chi connectivity index (χ0n) is 18.8. The van der Waals surface area contributed by atoms with Crippen LogP contribution in [-0.2, 0) is 10.0 Å². The van der Waals surface area contributed by atoms with Crippen molar-refractivity contribution < 1.29 is 17.9 Å². The van der Waals surface area contributed by atoms with Gasteiger partial charge in [0.15, 0.2) is 11.5 Å². The van der Waals surface area contributed by atoms with Gasteiger partial charge >= 0.3 is 0 Å². The Morgan fingerprint density at radius 1 is 1.00 bits per heavy atom. The van der Waals surface area contributed by atoms with Crippen LogP contribution in [-0.4, -0.2) is 22.6 Å². The molecule has 0 saturated heterocycles. The molecular formula is C26H25ClN2O4S. The van der Waals surface area contributed by atoms with Gasteiger partial charge in [0, 0.05) is 27.9 Å². The van der Waals surface area contributed by atoms with E-state index in [1.165, 1.54) is 0 Å². The Morgan fingerprint density at radius 3 is 2.53 bits per heavy atom. The van der Waals surface area contributed by atoms with Crippen molar-refractivity contribution >= 4 is 33.0 Å². The largest absolute Gasteiger partial charge is 0.493 e. The first-order valence-electron chi connectivity index (χ1n) is 11.0. The summed E-state index contributed by atoms with van der Waals surface area (Å²) >= 11 is 5.92. The number of sulfonamides is 1. The summed E-state index contributed by atoms with van der Waals surface area (Å²) in [5, 5.41) is 4.19. The summed E-state index contributed by atoms with van der Waals surface area (Å²) in [7, 11) is -0.479. The highest BCUT2D eigenvalue weighted by Gasteiger charge is 2.40. The van der Waals surface area contributed by atoms with E-state index in [-0.39, 0.29) is 22.8 Å². The van der Waals surface area contributed by atoms with Gasteiger partial charge in [-0.05, 0) is 66.4 Å². The van der Waals surface area contributed by atoms with Crippen LogP contribution in [0.5, 0.6) is 11.5 Å². The summed E-state index contributed by atoms with van der Waals surface area (Å²) in [6, 6.07) is 17.7. The number of methoxy groups -OCH3 is 2. The monoisotopic (exact) mass is 496 g/mol. The molecule has 5 rings (SSSR count). The van der Waals surface area contributed by atoms with Gasteiger partial charge in [0.1, 0.15) is 0 Å². The second kappa shape index (κ2) is 8.89. The molecule has 176 valence electrons. The number of hydrogen-bond donors (Lipinski definition) is 2. The number of halogens is 1. The number of anilines is 2. The molecule has 2 aliphatic rings. The van der Waals surface area contributed by atoms with E-state index in [1.807, 2.05) is 24.3 Å². The average molecular weight is 497 g/mol. The van der Waals surface area contributed by atoms with E-state index in [0.29, 0.717) is 22.2 Å². The predicted octanol–water partition coefficient (Wildman–Crippen LogP) is 5.98. The van der Waals surface area contributed by atoms with Crippen molar-refractivity contribution in [3.63, 3.8) is 0 Å². The highest BCUT2D eigenvalue weighted by Crippen LogP contribution is 2.52. The molecule has 0 unspecified atom stereocenters. The van der Waals surface area contributed by atoms with Crippen molar-refractivity contribution in [3.8, 4) is 11.5 Å². The third kappa shape index (κ3) is 3.99. The van der Waals surface area contributed by atoms with Crippen molar-refractivity contribution in [1.29, 1.82) is 0 Å². The molecule has 3 aromatic carbocycles. The first kappa shape index (κ1) is 22.6. The van der Waals surface area contributed by atoms with E-state index in [2.05, 4.69) is 22.2 Å². The second-order valence-electron chi connectivity index (χ2n) is 8.42. The molecular weight excluding hydrogens is 472 g/mol. The SMILES string of the molecule is COc1cccc([C@H]2Nc3ccc(S(=O)(=O)Nc4ccc(Cl)cc4)cc3[C@H]3C=CC[C@H]32)c1OC. The molecule has 3 atom stereocenters. The quantitative estimate of drug-likeness (QED) is 0.410. The molecule has 2 N–H and O–H groups in total. The first-order valence-corrected chi connectivity index (χ1v) is 12.8. The second-order valence-corrected chi connectivity index (χ2v) is 10.5. The topological polar surface area (TPSA) is 76.7 Å². The molecule has 3 aromatic rings. The lowest BCUT2D eigenvalue weighted by atomic mass is 9.77. The number of hydrogen-bond acceptors (Lipinski definition) is 5. The number of benzene rings is 3. The molecule has 8 heteroatoms. The van der Waals surface area contributed by atoms with Crippen LogP contribution < -0.4 is 19.5 Å². The van der Waals surface area contributed by atoms with Gasteiger partial charge in [-0.3, -0.25) is 4.72 Å². The highest BCUT2D eigenvalue weighted by atomic mass is 35.5. The first-order chi connectivity index (χ1) is 16.4. The van der Waals surface area contributed by atoms with Crippen molar-refractivity contribution in [1.82, 2.24) is 0 Å². The Labute approximate surface area is 204 Å². The highest BCUT2D eigenvalue weighted by molar-refractivity contribution is 7.92. The summed E-state index contributed by atoms with van der Waals surface area (Å²) in [6.07, 6.45) is 5.22. The number of nitrogens with one attached hydrogen (secondary N) is 2. The van der Waals surface area contributed by atoms with E-state index in [9.17, 15) is 8.42 Å². The number of allylic oxidation sites excluding steroid dienone is 2. The van der Waals surface area contributed by atoms with Crippen molar-refractivity contribution in [3.05, 3.63) is 89.0 Å². The van der Waals surface area contributed by atoms with Crippen LogP contribution >= 0.6 is 11.6 Å². The zero-order chi connectivity index (χ0) is 23.9. The van der Waals surface area contributed by atoms with Crippen LogP contribution in [0.4, 0.5) is 11.4 Å². The third-order valence-corrected chi connectivity index (χ3v) is 8.14. The van der Waals surface area contributed by atoms with Crippen LogP contribution in [0.15, 0.2) is 77.7 Å². The molecule has 0 bridgehead atoms. The van der Waals surface area contributed by atoms with E-state index < -0.39 is 10.0 Å². The van der Waals surface area contributed by atoms with Crippen LogP contribution in [0.2, 0.25) is 5.02 Å². The summed E-state index contributed by atoms with van der Waals surface area (Å²) in [4.78, 5) is 0.222. The van der Waals surface area contributed by atoms with Gasteiger partial charge in [-0.25, -0.2) is 8.42 Å². The smallest absolute Gasteiger partial charge is 0.261 e. The van der Waals surface area contributed by atoms with Crippen LogP contribution in [0.3, 0.4) is 0 Å². The summed E-state index contributed by atoms with van der Waals surface area (Å²) in [6.45, 7) is 0. The molecule has 0 aromatic heterocycles. The molecule has 0 fully saturated rings. The van der Waals surface area contributed by atoms with Crippen LogP contribution in [0.25, 0.3) is 0 Å². The molecule has 0 spiro atoms. The lowest BCUT2D eigenvalue weighted by Gasteiger charge is -2.38. The van der Waals surface area contributed by atoms with Crippen molar-refractivity contribution in [2.24, 2.45) is 5.92 Å². The fraction of sp³-hybridized carbons (Fsp3) is 0.231. The van der Waals surface area contributed by atoms with Crippen molar-refractivity contribution in [2.45, 2.75) is 23.3 Å². The Hall–Kier alpha value is -3.16. The molecule has 1 aliphatic carbocycles. The number of rotatable bonds is 6. The minimum Gasteiger partial charge on any atom is -0.493 e. The lowest BCUT2D eigenvalue weighted by Crippen LogP contribution is -2.29. The number of fused-ring (bicyclic) bond motifs is 3. The summed E-state index contributed by atoms with van der Waals surface area (Å²) in [5.74, 6) is 1.70. The summed E-state index contributed by atoms with van der Waals surface area (Å²) < 4.78 is 40.0. The average Bonchev–Trinajstić information content (AvgIpc) is 3.34. The van der Waals surface area contributed by atoms with Crippen LogP contribution in [0.1, 0.15) is 29.5 Å². The molecule has 1 heterocycles. The summed E-state index contributed by atoms with van der Waals surface area (Å²) in [5.41, 5.74) is 3.36. The van der Waals surface area contributed by atoms with Gasteiger partial charge in [-0.2, -0.15) is 0 Å².